The molecule has 1 fully saturated rings. The average molecular weight is 497 g/mol. The zero-order valence-corrected chi connectivity index (χ0v) is 21.5. The number of Topliss-reactive ketones (excluding diaryl/α,β-unsaturated/α-hetero) is 1. The van der Waals surface area contributed by atoms with E-state index in [4.69, 9.17) is 4.74 Å². The van der Waals surface area contributed by atoms with Crippen LogP contribution < -0.4 is 4.74 Å². The molecule has 194 valence electrons. The number of nitrogens with zero attached hydrogens (tertiary/aromatic N) is 2. The van der Waals surface area contributed by atoms with Crippen LogP contribution in [0.3, 0.4) is 0 Å². The second-order valence-corrected chi connectivity index (χ2v) is 9.17. The second-order valence-electron chi connectivity index (χ2n) is 9.17. The number of carbonyl (C=O) groups excluding carboxylic acids is 2. The largest absolute Gasteiger partial charge is 0.507 e. The Morgan fingerprint density at radius 3 is 2.08 bits per heavy atom. The quantitative estimate of drug-likeness (QED) is 0.224. The van der Waals surface area contributed by atoms with Crippen molar-refractivity contribution in [2.24, 2.45) is 0 Å². The van der Waals surface area contributed by atoms with Crippen molar-refractivity contribution in [3.8, 4) is 5.75 Å². The van der Waals surface area contributed by atoms with Crippen molar-refractivity contribution in [1.82, 2.24) is 9.80 Å². The Kier molecular flexibility index (Phi) is 10.1. The maximum absolute atomic E-state index is 13.5. The molecular formula is C29H37FN2O4. The van der Waals surface area contributed by atoms with Crippen LogP contribution in [0.5, 0.6) is 5.75 Å². The number of likely N-dealkylation sites (tertiary alicyclic amines) is 1. The number of rotatable bonds is 13. The molecule has 0 bridgehead atoms. The number of ketones is 1. The maximum atomic E-state index is 13.5. The van der Waals surface area contributed by atoms with Gasteiger partial charge in [-0.15, -0.1) is 0 Å². The third kappa shape index (κ3) is 6.52. The fourth-order valence-electron chi connectivity index (χ4n) is 4.57. The van der Waals surface area contributed by atoms with Gasteiger partial charge in [0.25, 0.3) is 11.7 Å². The van der Waals surface area contributed by atoms with Crippen molar-refractivity contribution in [3.63, 3.8) is 0 Å². The SMILES string of the molecule is CCCCN(CCCC)CCCN1C(=O)C(=O)/C(=C(/O)c2ccc(F)cc2)C1c1ccc(OC)cc1. The molecule has 0 aliphatic carbocycles. The van der Waals surface area contributed by atoms with Crippen LogP contribution in [0.1, 0.15) is 63.1 Å². The van der Waals surface area contributed by atoms with Gasteiger partial charge in [0.2, 0.25) is 0 Å². The molecular weight excluding hydrogens is 459 g/mol. The molecule has 7 heteroatoms. The predicted octanol–water partition coefficient (Wildman–Crippen LogP) is 5.55. The third-order valence-electron chi connectivity index (χ3n) is 6.62. The van der Waals surface area contributed by atoms with Crippen molar-refractivity contribution in [3.05, 3.63) is 71.0 Å². The highest BCUT2D eigenvalue weighted by atomic mass is 19.1. The first kappa shape index (κ1) is 27.4. The van der Waals surface area contributed by atoms with E-state index in [0.717, 1.165) is 45.3 Å². The Morgan fingerprint density at radius 1 is 0.944 bits per heavy atom. The van der Waals surface area contributed by atoms with E-state index in [9.17, 15) is 19.1 Å². The van der Waals surface area contributed by atoms with Gasteiger partial charge in [-0.3, -0.25) is 9.59 Å². The molecule has 0 radical (unpaired) electrons. The molecule has 1 unspecified atom stereocenters. The molecule has 1 aliphatic heterocycles. The molecule has 1 amide bonds. The van der Waals surface area contributed by atoms with Gasteiger partial charge < -0.3 is 19.6 Å². The van der Waals surface area contributed by atoms with Gasteiger partial charge >= 0.3 is 0 Å². The number of hydrogen-bond acceptors (Lipinski definition) is 5. The molecule has 1 saturated heterocycles. The first-order valence-electron chi connectivity index (χ1n) is 12.8. The van der Waals surface area contributed by atoms with Gasteiger partial charge in [0, 0.05) is 12.1 Å². The highest BCUT2D eigenvalue weighted by molar-refractivity contribution is 6.46. The standard InChI is InChI=1S/C29H37FN2O4/c1-4-6-17-31(18-7-5-2)19-8-20-32-26(21-11-15-24(36-3)16-12-21)25(28(34)29(32)35)27(33)22-9-13-23(30)14-10-22/h9-16,26,33H,4-8,17-20H2,1-3H3/b27-25+. The van der Waals surface area contributed by atoms with Crippen LogP contribution >= 0.6 is 0 Å². The second kappa shape index (κ2) is 13.2. The number of carbonyl (C=O) groups is 2. The zero-order chi connectivity index (χ0) is 26.1. The topological polar surface area (TPSA) is 70.1 Å². The van der Waals surface area contributed by atoms with E-state index in [0.29, 0.717) is 29.8 Å². The predicted molar refractivity (Wildman–Crippen MR) is 139 cm³/mol. The summed E-state index contributed by atoms with van der Waals surface area (Å²) in [6.07, 6.45) is 5.20. The fraction of sp³-hybridized carbons (Fsp3) is 0.448. The van der Waals surface area contributed by atoms with Crippen LogP contribution in [-0.2, 0) is 9.59 Å². The highest BCUT2D eigenvalue weighted by Crippen LogP contribution is 2.39. The van der Waals surface area contributed by atoms with Gasteiger partial charge in [-0.25, -0.2) is 4.39 Å². The Hall–Kier alpha value is -3.19. The molecule has 0 spiro atoms. The molecule has 2 aromatic rings. The first-order valence-corrected chi connectivity index (χ1v) is 12.8. The van der Waals surface area contributed by atoms with Gasteiger partial charge in [0.15, 0.2) is 0 Å². The smallest absolute Gasteiger partial charge is 0.295 e. The summed E-state index contributed by atoms with van der Waals surface area (Å²) in [5.74, 6) is -1.46. The van der Waals surface area contributed by atoms with Crippen LogP contribution in [0.2, 0.25) is 0 Å². The van der Waals surface area contributed by atoms with Gasteiger partial charge in [0.05, 0.1) is 18.7 Å². The Bertz CT molecular complexity index is 1040. The average Bonchev–Trinajstić information content (AvgIpc) is 3.15. The van der Waals surface area contributed by atoms with Gasteiger partial charge in [-0.1, -0.05) is 38.8 Å². The van der Waals surface area contributed by atoms with Crippen molar-refractivity contribution < 1.29 is 23.8 Å². The number of amides is 1. The monoisotopic (exact) mass is 496 g/mol. The van der Waals surface area contributed by atoms with Crippen LogP contribution in [0, 0.1) is 5.82 Å². The number of halogens is 1. The number of benzene rings is 2. The maximum Gasteiger partial charge on any atom is 0.295 e. The molecule has 1 N–H and O–H groups in total. The summed E-state index contributed by atoms with van der Waals surface area (Å²) >= 11 is 0. The summed E-state index contributed by atoms with van der Waals surface area (Å²) in [6, 6.07) is 11.6. The lowest BCUT2D eigenvalue weighted by molar-refractivity contribution is -0.140. The van der Waals surface area contributed by atoms with E-state index >= 15 is 0 Å². The Labute approximate surface area is 213 Å². The van der Waals surface area contributed by atoms with Gasteiger partial charge in [-0.2, -0.15) is 0 Å². The summed E-state index contributed by atoms with van der Waals surface area (Å²) in [5.41, 5.74) is 1.01. The minimum atomic E-state index is -0.735. The zero-order valence-electron chi connectivity index (χ0n) is 21.5. The number of unbranched alkanes of at least 4 members (excludes halogenated alkanes) is 2. The minimum absolute atomic E-state index is 0.0191. The molecule has 6 nitrogen and oxygen atoms in total. The first-order chi connectivity index (χ1) is 17.4. The summed E-state index contributed by atoms with van der Waals surface area (Å²) in [6.45, 7) is 7.59. The van der Waals surface area contributed by atoms with E-state index in [2.05, 4.69) is 18.7 Å². The molecule has 1 heterocycles. The highest BCUT2D eigenvalue weighted by Gasteiger charge is 2.45. The van der Waals surface area contributed by atoms with E-state index in [1.54, 1.807) is 36.3 Å². The molecule has 1 aliphatic rings. The van der Waals surface area contributed by atoms with E-state index in [-0.39, 0.29) is 11.3 Å². The van der Waals surface area contributed by atoms with E-state index in [1.807, 2.05) is 0 Å². The molecule has 1 atom stereocenters. The van der Waals surface area contributed by atoms with Crippen LogP contribution in [0.15, 0.2) is 54.1 Å². The number of methoxy groups -OCH3 is 1. The molecule has 0 saturated carbocycles. The normalized spacial score (nSPS) is 17.2. The van der Waals surface area contributed by atoms with Gasteiger partial charge in [-0.05, 0) is 80.9 Å². The van der Waals surface area contributed by atoms with Crippen molar-refractivity contribution in [2.75, 3.05) is 33.3 Å². The van der Waals surface area contributed by atoms with Crippen LogP contribution in [0.4, 0.5) is 4.39 Å². The summed E-state index contributed by atoms with van der Waals surface area (Å²) in [7, 11) is 1.57. The Balaban J connectivity index is 1.91. The summed E-state index contributed by atoms with van der Waals surface area (Å²) < 4.78 is 18.7. The summed E-state index contributed by atoms with van der Waals surface area (Å²) in [5, 5.41) is 11.1. The van der Waals surface area contributed by atoms with Crippen LogP contribution in [0.25, 0.3) is 5.76 Å². The minimum Gasteiger partial charge on any atom is -0.507 e. The number of aliphatic hydroxyl groups is 1. The lowest BCUT2D eigenvalue weighted by atomic mass is 9.95. The van der Waals surface area contributed by atoms with E-state index in [1.165, 1.54) is 24.3 Å². The number of hydrogen-bond donors (Lipinski definition) is 1. The molecule has 2 aromatic carbocycles. The lowest BCUT2D eigenvalue weighted by Gasteiger charge is -2.27. The third-order valence-corrected chi connectivity index (χ3v) is 6.62. The van der Waals surface area contributed by atoms with Crippen molar-refractivity contribution in [1.29, 1.82) is 0 Å². The van der Waals surface area contributed by atoms with Crippen LogP contribution in [-0.4, -0.2) is 59.9 Å². The van der Waals surface area contributed by atoms with Gasteiger partial charge in [0.1, 0.15) is 17.3 Å². The number of aliphatic hydroxyl groups excluding tert-OH is 1. The molecule has 3 rings (SSSR count). The Morgan fingerprint density at radius 2 is 1.53 bits per heavy atom. The molecule has 36 heavy (non-hydrogen) atoms. The lowest BCUT2D eigenvalue weighted by Crippen LogP contribution is -2.34. The number of ether oxygens (including phenoxy) is 1. The van der Waals surface area contributed by atoms with Crippen molar-refractivity contribution >= 4 is 17.4 Å². The fourth-order valence-corrected chi connectivity index (χ4v) is 4.57. The molecule has 0 aromatic heterocycles. The van der Waals surface area contributed by atoms with E-state index < -0.39 is 23.5 Å². The van der Waals surface area contributed by atoms with Crippen molar-refractivity contribution in [2.45, 2.75) is 52.0 Å². The summed E-state index contributed by atoms with van der Waals surface area (Å²) in [4.78, 5) is 30.3.